The first-order chi connectivity index (χ1) is 4.12. The van der Waals surface area contributed by atoms with Gasteiger partial charge in [-0.3, -0.25) is 0 Å². The second kappa shape index (κ2) is 3.40. The first-order valence-corrected chi connectivity index (χ1v) is 2.77. The third-order valence-electron chi connectivity index (χ3n) is 1.06. The molecule has 0 radical (unpaired) electrons. The predicted octanol–water partition coefficient (Wildman–Crippen LogP) is 0.669. The molecule has 2 N–H and O–H groups in total. The van der Waals surface area contributed by atoms with Gasteiger partial charge in [-0.1, -0.05) is 13.8 Å². The summed E-state index contributed by atoms with van der Waals surface area (Å²) >= 11 is 0. The second-order valence-corrected chi connectivity index (χ2v) is 2.72. The lowest BCUT2D eigenvalue weighted by Crippen LogP contribution is -2.27. The van der Waals surface area contributed by atoms with Crippen molar-refractivity contribution < 1.29 is 4.84 Å². The highest BCUT2D eigenvalue weighted by Crippen LogP contribution is 2.11. The van der Waals surface area contributed by atoms with Crippen LogP contribution in [0.5, 0.6) is 0 Å². The van der Waals surface area contributed by atoms with Crippen LogP contribution in [0.25, 0.3) is 0 Å². The fourth-order valence-electron chi connectivity index (χ4n) is 0.260. The molecule has 4 nitrogen and oxygen atoms in total. The molecule has 0 amide bonds. The minimum Gasteiger partial charge on any atom is -0.363 e. The van der Waals surface area contributed by atoms with Gasteiger partial charge in [-0.05, 0) is 0 Å². The molecule has 0 aromatic carbocycles. The molecule has 0 spiro atoms. The summed E-state index contributed by atoms with van der Waals surface area (Å²) in [5.74, 6) is 0. The predicted molar refractivity (Wildman–Crippen MR) is 34.6 cm³/mol. The highest BCUT2D eigenvalue weighted by molar-refractivity contribution is 4.67. The van der Waals surface area contributed by atoms with E-state index in [1.165, 1.54) is 0 Å². The van der Waals surface area contributed by atoms with Crippen LogP contribution in [0.1, 0.15) is 13.8 Å². The molecular formula is C5H12N2O2. The van der Waals surface area contributed by atoms with E-state index in [2.05, 4.69) is 10.2 Å². The van der Waals surface area contributed by atoms with Crippen molar-refractivity contribution in [2.24, 2.45) is 16.5 Å². The molecule has 0 aromatic heterocycles. The summed E-state index contributed by atoms with van der Waals surface area (Å²) < 4.78 is 0. The lowest BCUT2D eigenvalue weighted by Gasteiger charge is -2.18. The van der Waals surface area contributed by atoms with Crippen molar-refractivity contribution in [1.29, 1.82) is 0 Å². The third-order valence-corrected chi connectivity index (χ3v) is 1.06. The molecule has 0 unspecified atom stereocenters. The second-order valence-electron chi connectivity index (χ2n) is 2.72. The zero-order valence-electron chi connectivity index (χ0n) is 5.76. The van der Waals surface area contributed by atoms with Crippen LogP contribution in [0.3, 0.4) is 0 Å². The molecule has 0 rings (SSSR count). The Balaban J connectivity index is 3.44. The highest BCUT2D eigenvalue weighted by Gasteiger charge is 2.16. The maximum absolute atomic E-state index is 9.45. The molecule has 0 aromatic rings. The van der Waals surface area contributed by atoms with Crippen LogP contribution in [0, 0.1) is 10.3 Å². The molecule has 0 heterocycles. The van der Waals surface area contributed by atoms with Gasteiger partial charge < -0.3 is 10.6 Å². The average Bonchev–Trinajstić information content (AvgIpc) is 1.84. The molecule has 4 heteroatoms. The van der Waals surface area contributed by atoms with Crippen molar-refractivity contribution in [3.63, 3.8) is 0 Å². The van der Waals surface area contributed by atoms with E-state index < -0.39 is 0 Å². The van der Waals surface area contributed by atoms with E-state index in [9.17, 15) is 4.91 Å². The van der Waals surface area contributed by atoms with E-state index >= 15 is 0 Å². The Hall–Kier alpha value is -0.640. The summed E-state index contributed by atoms with van der Waals surface area (Å²) in [5, 5.41) is 2.26. The van der Waals surface area contributed by atoms with E-state index in [1.807, 2.05) is 13.8 Å². The standard InChI is InChI=1S/C5H12N2O2/c1-5(2,3-6)4-9-7-8/h3-4,6H2,1-2H3. The first-order valence-electron chi connectivity index (χ1n) is 2.77. The van der Waals surface area contributed by atoms with Crippen LogP contribution in [0.2, 0.25) is 0 Å². The summed E-state index contributed by atoms with van der Waals surface area (Å²) in [6.45, 7) is 4.58. The van der Waals surface area contributed by atoms with Crippen LogP contribution in [-0.2, 0) is 4.84 Å². The van der Waals surface area contributed by atoms with E-state index in [0.29, 0.717) is 6.54 Å². The Morgan fingerprint density at radius 1 is 1.67 bits per heavy atom. The van der Waals surface area contributed by atoms with Crippen molar-refractivity contribution >= 4 is 0 Å². The lowest BCUT2D eigenvalue weighted by atomic mass is 9.96. The molecule has 0 aliphatic rings. The van der Waals surface area contributed by atoms with Crippen LogP contribution in [-0.4, -0.2) is 13.2 Å². The fraction of sp³-hybridized carbons (Fsp3) is 1.00. The number of hydrogen-bond acceptors (Lipinski definition) is 4. The molecule has 0 atom stereocenters. The highest BCUT2D eigenvalue weighted by atomic mass is 16.7. The van der Waals surface area contributed by atoms with Crippen molar-refractivity contribution in [3.05, 3.63) is 4.91 Å². The third kappa shape index (κ3) is 3.90. The van der Waals surface area contributed by atoms with Crippen molar-refractivity contribution in [3.8, 4) is 0 Å². The van der Waals surface area contributed by atoms with Gasteiger partial charge in [0.15, 0.2) is 5.34 Å². The smallest absolute Gasteiger partial charge is 0.155 e. The van der Waals surface area contributed by atoms with Gasteiger partial charge in [0.25, 0.3) is 0 Å². The topological polar surface area (TPSA) is 64.7 Å². The minimum atomic E-state index is -0.145. The average molecular weight is 132 g/mol. The quantitative estimate of drug-likeness (QED) is 0.451. The summed E-state index contributed by atoms with van der Waals surface area (Å²) in [6, 6.07) is 0. The fourth-order valence-corrected chi connectivity index (χ4v) is 0.260. The Morgan fingerprint density at radius 3 is 2.56 bits per heavy atom. The SMILES string of the molecule is CC(C)(CN)CON=O. The van der Waals surface area contributed by atoms with Crippen LogP contribution >= 0.6 is 0 Å². The molecule has 9 heavy (non-hydrogen) atoms. The number of rotatable bonds is 4. The van der Waals surface area contributed by atoms with Crippen LogP contribution < -0.4 is 5.73 Å². The number of hydrogen-bond donors (Lipinski definition) is 1. The molecule has 0 fully saturated rings. The number of nitrogens with zero attached hydrogens (tertiary/aromatic N) is 1. The summed E-state index contributed by atoms with van der Waals surface area (Å²) in [5.41, 5.74) is 5.18. The Kier molecular flexibility index (Phi) is 3.16. The Bertz CT molecular complexity index is 93.0. The summed E-state index contributed by atoms with van der Waals surface area (Å²) in [7, 11) is 0. The molecule has 54 valence electrons. The van der Waals surface area contributed by atoms with E-state index in [0.717, 1.165) is 0 Å². The van der Waals surface area contributed by atoms with Gasteiger partial charge in [-0.2, -0.15) is 0 Å². The van der Waals surface area contributed by atoms with Gasteiger partial charge in [0.1, 0.15) is 6.61 Å². The van der Waals surface area contributed by atoms with E-state index in [4.69, 9.17) is 5.73 Å². The minimum absolute atomic E-state index is 0.145. The lowest BCUT2D eigenvalue weighted by molar-refractivity contribution is 0.0687. The van der Waals surface area contributed by atoms with Crippen molar-refractivity contribution in [2.75, 3.05) is 13.2 Å². The van der Waals surface area contributed by atoms with Gasteiger partial charge in [0.05, 0.1) is 0 Å². The number of nitrogens with two attached hydrogens (primary N) is 1. The maximum Gasteiger partial charge on any atom is 0.155 e. The molecule has 0 saturated carbocycles. The van der Waals surface area contributed by atoms with Crippen LogP contribution in [0.15, 0.2) is 5.34 Å². The van der Waals surface area contributed by atoms with Crippen molar-refractivity contribution in [2.45, 2.75) is 13.8 Å². The molecule has 0 aliphatic heterocycles. The van der Waals surface area contributed by atoms with E-state index in [1.54, 1.807) is 0 Å². The van der Waals surface area contributed by atoms with Gasteiger partial charge in [-0.15, -0.1) is 4.91 Å². The van der Waals surface area contributed by atoms with Crippen LogP contribution in [0.4, 0.5) is 0 Å². The van der Waals surface area contributed by atoms with Gasteiger partial charge in [0.2, 0.25) is 0 Å². The maximum atomic E-state index is 9.45. The molecular weight excluding hydrogens is 120 g/mol. The van der Waals surface area contributed by atoms with Gasteiger partial charge >= 0.3 is 0 Å². The zero-order valence-corrected chi connectivity index (χ0v) is 5.76. The Labute approximate surface area is 54.3 Å². The summed E-state index contributed by atoms with van der Waals surface area (Å²) in [6.07, 6.45) is 0. The largest absolute Gasteiger partial charge is 0.363 e. The molecule has 0 bridgehead atoms. The Morgan fingerprint density at radius 2 is 2.22 bits per heavy atom. The molecule has 0 saturated heterocycles. The summed E-state index contributed by atoms with van der Waals surface area (Å²) in [4.78, 5) is 13.7. The van der Waals surface area contributed by atoms with E-state index in [-0.39, 0.29) is 12.0 Å². The first kappa shape index (κ1) is 8.36. The van der Waals surface area contributed by atoms with Gasteiger partial charge in [0, 0.05) is 12.0 Å². The van der Waals surface area contributed by atoms with Gasteiger partial charge in [-0.25, -0.2) is 0 Å². The molecule has 0 aliphatic carbocycles. The van der Waals surface area contributed by atoms with Crippen molar-refractivity contribution in [1.82, 2.24) is 0 Å². The monoisotopic (exact) mass is 132 g/mol. The zero-order chi connectivity index (χ0) is 7.33. The normalized spacial score (nSPS) is 11.0.